The molecule has 0 radical (unpaired) electrons. The molecule has 33 heavy (non-hydrogen) atoms. The lowest BCUT2D eigenvalue weighted by atomic mass is 10.1. The molecule has 8 heteroatoms. The average molecular weight is 569 g/mol. The highest BCUT2D eigenvalue weighted by Crippen LogP contribution is 2.19. The summed E-state index contributed by atoms with van der Waals surface area (Å²) in [5.74, 6) is 2.36. The van der Waals surface area contributed by atoms with Crippen LogP contribution in [0.5, 0.6) is 11.5 Å². The first kappa shape index (κ1) is 27.2. The van der Waals surface area contributed by atoms with Crippen molar-refractivity contribution >= 4 is 29.9 Å². The second kappa shape index (κ2) is 15.0. The first-order chi connectivity index (χ1) is 15.7. The zero-order valence-electron chi connectivity index (χ0n) is 19.9. The Morgan fingerprint density at radius 1 is 1.06 bits per heavy atom. The van der Waals surface area contributed by atoms with E-state index in [1.54, 1.807) is 7.11 Å². The van der Waals surface area contributed by atoms with E-state index in [1.165, 1.54) is 11.1 Å². The maximum absolute atomic E-state index is 5.99. The monoisotopic (exact) mass is 568 g/mol. The van der Waals surface area contributed by atoms with Gasteiger partial charge in [0.05, 0.1) is 33.4 Å². The minimum atomic E-state index is -0.0227. The summed E-state index contributed by atoms with van der Waals surface area (Å²) in [6.07, 6.45) is -0.0227. The maximum atomic E-state index is 5.99. The zero-order valence-corrected chi connectivity index (χ0v) is 22.2. The molecule has 1 unspecified atom stereocenters. The molecule has 0 spiro atoms. The van der Waals surface area contributed by atoms with Gasteiger partial charge in [-0.2, -0.15) is 0 Å². The maximum Gasteiger partial charge on any atom is 0.191 e. The van der Waals surface area contributed by atoms with E-state index in [4.69, 9.17) is 19.2 Å². The van der Waals surface area contributed by atoms with Gasteiger partial charge >= 0.3 is 0 Å². The molecule has 1 saturated heterocycles. The predicted octanol–water partition coefficient (Wildman–Crippen LogP) is 3.67. The van der Waals surface area contributed by atoms with Gasteiger partial charge in [-0.25, -0.2) is 4.99 Å². The molecule has 0 bridgehead atoms. The first-order valence-electron chi connectivity index (χ1n) is 11.4. The fourth-order valence-corrected chi connectivity index (χ4v) is 3.47. The normalized spacial score (nSPS) is 15.3. The molecule has 182 valence electrons. The number of nitrogens with one attached hydrogen (secondary N) is 2. The number of hydrogen-bond donors (Lipinski definition) is 2. The summed E-state index contributed by atoms with van der Waals surface area (Å²) < 4.78 is 16.7. The van der Waals surface area contributed by atoms with E-state index in [-0.39, 0.29) is 30.1 Å². The highest BCUT2D eigenvalue weighted by atomic mass is 127. The van der Waals surface area contributed by atoms with Gasteiger partial charge in [-0.15, -0.1) is 24.0 Å². The smallest absolute Gasteiger partial charge is 0.191 e. The summed E-state index contributed by atoms with van der Waals surface area (Å²) in [6.45, 7) is 10.8. The van der Waals surface area contributed by atoms with Gasteiger partial charge in [-0.05, 0) is 37.1 Å². The predicted molar refractivity (Wildman–Crippen MR) is 144 cm³/mol. The summed E-state index contributed by atoms with van der Waals surface area (Å²) in [6, 6.07) is 16.4. The third kappa shape index (κ3) is 9.77. The Labute approximate surface area is 214 Å². The summed E-state index contributed by atoms with van der Waals surface area (Å²) in [7, 11) is 1.65. The number of nitrogens with zero attached hydrogens (tertiary/aromatic N) is 2. The van der Waals surface area contributed by atoms with E-state index < -0.39 is 0 Å². The van der Waals surface area contributed by atoms with Crippen LogP contribution in [-0.4, -0.2) is 63.5 Å². The van der Waals surface area contributed by atoms with E-state index in [9.17, 15) is 0 Å². The lowest BCUT2D eigenvalue weighted by Crippen LogP contribution is -2.41. The van der Waals surface area contributed by atoms with Crippen LogP contribution in [0.25, 0.3) is 0 Å². The molecule has 7 nitrogen and oxygen atoms in total. The Balaban J connectivity index is 0.00000385. The first-order valence-corrected chi connectivity index (χ1v) is 11.4. The van der Waals surface area contributed by atoms with Gasteiger partial charge in [0.15, 0.2) is 5.96 Å². The van der Waals surface area contributed by atoms with Crippen LogP contribution in [0, 0.1) is 0 Å². The Kier molecular flexibility index (Phi) is 12.3. The van der Waals surface area contributed by atoms with Crippen LogP contribution in [0.3, 0.4) is 0 Å². The molecule has 0 aromatic heterocycles. The van der Waals surface area contributed by atoms with Crippen molar-refractivity contribution in [2.45, 2.75) is 33.0 Å². The molecule has 0 aliphatic carbocycles. The molecule has 3 rings (SSSR count). The topological polar surface area (TPSA) is 67.4 Å². The number of methoxy groups -OCH3 is 1. The van der Waals surface area contributed by atoms with Crippen LogP contribution in [0.1, 0.15) is 25.0 Å². The number of guanidine groups is 1. The quantitative estimate of drug-likeness (QED) is 0.259. The molecule has 0 amide bonds. The molecule has 1 fully saturated rings. The fourth-order valence-electron chi connectivity index (χ4n) is 3.47. The van der Waals surface area contributed by atoms with Crippen LogP contribution in [0.2, 0.25) is 0 Å². The molecule has 2 N–H and O–H groups in total. The number of halogens is 1. The number of benzene rings is 2. The Hall–Kier alpha value is -2.04. The SMILES string of the molecule is CCNC(=NCc1ccc(CN2CCOCC2)cc1)NCC(C)Oc1cccc(OC)c1.I. The molecule has 0 saturated carbocycles. The van der Waals surface area contributed by atoms with Crippen molar-refractivity contribution in [2.75, 3.05) is 46.5 Å². The summed E-state index contributed by atoms with van der Waals surface area (Å²) >= 11 is 0. The number of hydrogen-bond acceptors (Lipinski definition) is 5. The van der Waals surface area contributed by atoms with E-state index in [0.717, 1.165) is 56.9 Å². The van der Waals surface area contributed by atoms with Crippen molar-refractivity contribution in [1.82, 2.24) is 15.5 Å². The largest absolute Gasteiger partial charge is 0.497 e. The van der Waals surface area contributed by atoms with Crippen molar-refractivity contribution in [3.8, 4) is 11.5 Å². The van der Waals surface area contributed by atoms with Gasteiger partial charge in [0.25, 0.3) is 0 Å². The van der Waals surface area contributed by atoms with E-state index >= 15 is 0 Å². The van der Waals surface area contributed by atoms with Gasteiger partial charge < -0.3 is 24.8 Å². The van der Waals surface area contributed by atoms with Crippen molar-refractivity contribution in [1.29, 1.82) is 0 Å². The molecule has 2 aromatic carbocycles. The molecule has 1 aliphatic heterocycles. The summed E-state index contributed by atoms with van der Waals surface area (Å²) in [5, 5.41) is 6.67. The molecular formula is C25H37IN4O3. The van der Waals surface area contributed by atoms with Crippen molar-refractivity contribution < 1.29 is 14.2 Å². The zero-order chi connectivity index (χ0) is 22.6. The third-order valence-corrected chi connectivity index (χ3v) is 5.23. The molecule has 1 atom stereocenters. The van der Waals surface area contributed by atoms with E-state index in [2.05, 4.69) is 46.7 Å². The minimum Gasteiger partial charge on any atom is -0.497 e. The summed E-state index contributed by atoms with van der Waals surface area (Å²) in [5.41, 5.74) is 2.52. The van der Waals surface area contributed by atoms with Gasteiger partial charge in [-0.1, -0.05) is 30.3 Å². The third-order valence-electron chi connectivity index (χ3n) is 5.23. The number of rotatable bonds is 10. The molecule has 1 aliphatic rings. The minimum absolute atomic E-state index is 0. The molecule has 2 aromatic rings. The highest BCUT2D eigenvalue weighted by molar-refractivity contribution is 14.0. The molecule has 1 heterocycles. The number of morpholine rings is 1. The number of aliphatic imine (C=N–C) groups is 1. The van der Waals surface area contributed by atoms with Crippen molar-refractivity contribution in [3.63, 3.8) is 0 Å². The Morgan fingerprint density at radius 3 is 2.45 bits per heavy atom. The van der Waals surface area contributed by atoms with Gasteiger partial charge in [0.2, 0.25) is 0 Å². The standard InChI is InChI=1S/C25H36N4O3.HI/c1-4-26-25(27-17-20(2)32-24-7-5-6-23(16-24)30-3)28-18-21-8-10-22(11-9-21)19-29-12-14-31-15-13-29;/h5-11,16,20H,4,12-15,17-19H2,1-3H3,(H2,26,27,28);1H. The van der Waals surface area contributed by atoms with Crippen molar-refractivity contribution in [2.24, 2.45) is 4.99 Å². The average Bonchev–Trinajstić information content (AvgIpc) is 2.82. The van der Waals surface area contributed by atoms with Gasteiger partial charge in [-0.3, -0.25) is 4.90 Å². The molecular weight excluding hydrogens is 531 g/mol. The summed E-state index contributed by atoms with van der Waals surface area (Å²) in [4.78, 5) is 7.16. The fraction of sp³-hybridized carbons (Fsp3) is 0.480. The second-order valence-electron chi connectivity index (χ2n) is 7.89. The van der Waals surface area contributed by atoms with Crippen LogP contribution in [0.15, 0.2) is 53.5 Å². The lowest BCUT2D eigenvalue weighted by Gasteiger charge is -2.26. The van der Waals surface area contributed by atoms with Crippen LogP contribution < -0.4 is 20.1 Å². The van der Waals surface area contributed by atoms with Crippen LogP contribution >= 0.6 is 24.0 Å². The van der Waals surface area contributed by atoms with E-state index in [1.807, 2.05) is 31.2 Å². The lowest BCUT2D eigenvalue weighted by molar-refractivity contribution is 0.0342. The van der Waals surface area contributed by atoms with Gasteiger partial charge in [0.1, 0.15) is 17.6 Å². The Bertz CT molecular complexity index is 842. The van der Waals surface area contributed by atoms with E-state index in [0.29, 0.717) is 13.1 Å². The van der Waals surface area contributed by atoms with Crippen molar-refractivity contribution in [3.05, 3.63) is 59.7 Å². The van der Waals surface area contributed by atoms with Crippen LogP contribution in [-0.2, 0) is 17.8 Å². The van der Waals surface area contributed by atoms with Gasteiger partial charge in [0, 0.05) is 32.2 Å². The Morgan fingerprint density at radius 2 is 1.76 bits per heavy atom. The second-order valence-corrected chi connectivity index (χ2v) is 7.89. The number of ether oxygens (including phenoxy) is 3. The van der Waals surface area contributed by atoms with Crippen LogP contribution in [0.4, 0.5) is 0 Å². The highest BCUT2D eigenvalue weighted by Gasteiger charge is 2.10.